The normalized spacial score (nSPS) is 21.5. The number of hydrogen-bond donors (Lipinski definition) is 5. The topological polar surface area (TPSA) is 85.4 Å². The Morgan fingerprint density at radius 1 is 1.38 bits per heavy atom. The maximum absolute atomic E-state index is 10.00. The first-order valence-electron chi connectivity index (χ1n) is 2.04. The van der Waals surface area contributed by atoms with Crippen molar-refractivity contribution >= 4 is 5.97 Å². The van der Waals surface area contributed by atoms with Gasteiger partial charge < -0.3 is 5.11 Å². The van der Waals surface area contributed by atoms with Crippen molar-refractivity contribution in [3.05, 3.63) is 0 Å². The van der Waals surface area contributed by atoms with Crippen molar-refractivity contribution in [2.45, 2.75) is 6.17 Å². The molecule has 0 saturated carbocycles. The largest absolute Gasteiger partial charge is 0.479 e. The monoisotopic (exact) mass is 118 g/mol. The third-order valence-corrected chi connectivity index (χ3v) is 0.742. The Hall–Kier alpha value is -0.690. The molecular weight excluding hydrogens is 112 g/mol. The highest BCUT2D eigenvalue weighted by Crippen LogP contribution is 1.74. The van der Waals surface area contributed by atoms with Gasteiger partial charge in [-0.1, -0.05) is 0 Å². The SMILES string of the molecule is O=C(O)C1NNNN1. The van der Waals surface area contributed by atoms with E-state index >= 15 is 0 Å². The zero-order valence-corrected chi connectivity index (χ0v) is 3.93. The molecule has 0 aromatic rings. The molecule has 8 heavy (non-hydrogen) atoms. The summed E-state index contributed by atoms with van der Waals surface area (Å²) in [7, 11) is 0. The van der Waals surface area contributed by atoms with Gasteiger partial charge in [0.25, 0.3) is 0 Å². The molecule has 0 aromatic carbocycles. The summed E-state index contributed by atoms with van der Waals surface area (Å²) in [6, 6.07) is 0. The molecule has 1 aliphatic rings. The summed E-state index contributed by atoms with van der Waals surface area (Å²) in [6.07, 6.45) is -0.741. The lowest BCUT2D eigenvalue weighted by Crippen LogP contribution is -2.41. The highest BCUT2D eigenvalue weighted by atomic mass is 16.4. The number of hydrazine groups is 3. The molecule has 1 aliphatic heterocycles. The van der Waals surface area contributed by atoms with E-state index in [1.165, 1.54) is 0 Å². The predicted molar refractivity (Wildman–Crippen MR) is 24.0 cm³/mol. The first-order valence-corrected chi connectivity index (χ1v) is 2.04. The van der Waals surface area contributed by atoms with Crippen molar-refractivity contribution < 1.29 is 9.90 Å². The molecule has 0 atom stereocenters. The van der Waals surface area contributed by atoms with Gasteiger partial charge in [0.2, 0.25) is 0 Å². The van der Waals surface area contributed by atoms with E-state index in [0.29, 0.717) is 0 Å². The van der Waals surface area contributed by atoms with E-state index in [0.717, 1.165) is 0 Å². The van der Waals surface area contributed by atoms with Crippen LogP contribution in [0.25, 0.3) is 0 Å². The zero-order valence-electron chi connectivity index (χ0n) is 3.93. The second-order valence-electron chi connectivity index (χ2n) is 1.31. The molecule has 1 saturated heterocycles. The molecule has 1 rings (SSSR count). The van der Waals surface area contributed by atoms with Crippen molar-refractivity contribution in [2.24, 2.45) is 0 Å². The summed E-state index contributed by atoms with van der Waals surface area (Å²) >= 11 is 0. The van der Waals surface area contributed by atoms with Crippen molar-refractivity contribution in [2.75, 3.05) is 0 Å². The predicted octanol–water partition coefficient (Wildman–Crippen LogP) is -2.49. The molecule has 1 fully saturated rings. The fraction of sp³-hybridized carbons (Fsp3) is 0.500. The Labute approximate surface area is 45.2 Å². The molecule has 0 unspecified atom stereocenters. The quantitative estimate of drug-likeness (QED) is 0.262. The Morgan fingerprint density at radius 3 is 2.12 bits per heavy atom. The van der Waals surface area contributed by atoms with Gasteiger partial charge in [-0.05, 0) is 0 Å². The number of nitrogens with one attached hydrogen (secondary N) is 4. The lowest BCUT2D eigenvalue weighted by Gasteiger charge is -1.98. The van der Waals surface area contributed by atoms with Crippen molar-refractivity contribution in [3.8, 4) is 0 Å². The molecule has 0 aliphatic carbocycles. The van der Waals surface area contributed by atoms with Gasteiger partial charge in [0.15, 0.2) is 6.17 Å². The van der Waals surface area contributed by atoms with Crippen LogP contribution in [0, 0.1) is 0 Å². The lowest BCUT2D eigenvalue weighted by atomic mass is 10.6. The molecule has 46 valence electrons. The zero-order chi connectivity index (χ0) is 5.98. The highest BCUT2D eigenvalue weighted by Gasteiger charge is 2.19. The molecule has 0 amide bonds. The number of aliphatic carboxylic acids is 1. The number of carbonyl (C=O) groups is 1. The minimum Gasteiger partial charge on any atom is -0.479 e. The highest BCUT2D eigenvalue weighted by molar-refractivity contribution is 5.72. The smallest absolute Gasteiger partial charge is 0.338 e. The molecule has 1 heterocycles. The van der Waals surface area contributed by atoms with E-state index in [2.05, 4.69) is 21.9 Å². The second kappa shape index (κ2) is 2.05. The van der Waals surface area contributed by atoms with Gasteiger partial charge in [-0.15, -0.1) is 0 Å². The molecule has 5 N–H and O–H groups in total. The van der Waals surface area contributed by atoms with Crippen molar-refractivity contribution in [3.63, 3.8) is 0 Å². The van der Waals surface area contributed by atoms with Crippen LogP contribution in [0.1, 0.15) is 0 Å². The van der Waals surface area contributed by atoms with Crippen molar-refractivity contribution in [1.29, 1.82) is 0 Å². The van der Waals surface area contributed by atoms with Gasteiger partial charge in [-0.3, -0.25) is 0 Å². The third kappa shape index (κ3) is 0.928. The number of hydrogen-bond acceptors (Lipinski definition) is 5. The fourth-order valence-corrected chi connectivity index (χ4v) is 0.376. The minimum atomic E-state index is -0.956. The molecule has 0 radical (unpaired) electrons. The average Bonchev–Trinajstić information content (AvgIpc) is 2.12. The maximum atomic E-state index is 10.00. The molecular formula is C2H6N4O2. The number of carboxylic acid groups (broad SMARTS) is 1. The van der Waals surface area contributed by atoms with Gasteiger partial charge in [0.1, 0.15) is 0 Å². The Morgan fingerprint density at radius 2 is 1.88 bits per heavy atom. The van der Waals surface area contributed by atoms with Crippen LogP contribution in [0.3, 0.4) is 0 Å². The first-order chi connectivity index (χ1) is 3.80. The summed E-state index contributed by atoms with van der Waals surface area (Å²) in [5.74, 6) is -0.956. The van der Waals surface area contributed by atoms with E-state index in [4.69, 9.17) is 5.11 Å². The molecule has 0 bridgehead atoms. The van der Waals surface area contributed by atoms with Crippen LogP contribution < -0.4 is 21.9 Å². The third-order valence-electron chi connectivity index (χ3n) is 0.742. The summed E-state index contributed by atoms with van der Waals surface area (Å²) in [5, 5.41) is 8.21. The van der Waals surface area contributed by atoms with Crippen LogP contribution in [-0.4, -0.2) is 17.2 Å². The van der Waals surface area contributed by atoms with E-state index in [1.54, 1.807) is 0 Å². The summed E-state index contributed by atoms with van der Waals surface area (Å²) in [6.45, 7) is 0. The Bertz CT molecular complexity index is 98.2. The van der Waals surface area contributed by atoms with Gasteiger partial charge >= 0.3 is 5.97 Å². The average molecular weight is 118 g/mol. The Balaban J connectivity index is 2.35. The standard InChI is InChI=1S/C2H6N4O2/c7-2(8)1-3-5-6-4-1/h1,3-6H,(H,7,8). The first kappa shape index (κ1) is 5.45. The van der Waals surface area contributed by atoms with Crippen LogP contribution in [0.5, 0.6) is 0 Å². The summed E-state index contributed by atoms with van der Waals surface area (Å²) in [5.41, 5.74) is 9.49. The summed E-state index contributed by atoms with van der Waals surface area (Å²) < 4.78 is 0. The molecule has 6 nitrogen and oxygen atoms in total. The van der Waals surface area contributed by atoms with Gasteiger partial charge in [-0.2, -0.15) is 11.1 Å². The van der Waals surface area contributed by atoms with Crippen LogP contribution >= 0.6 is 0 Å². The molecule has 6 heteroatoms. The van der Waals surface area contributed by atoms with Crippen LogP contribution in [0.4, 0.5) is 0 Å². The van der Waals surface area contributed by atoms with E-state index in [-0.39, 0.29) is 0 Å². The molecule has 0 spiro atoms. The summed E-state index contributed by atoms with van der Waals surface area (Å²) in [4.78, 5) is 10.00. The second-order valence-corrected chi connectivity index (χ2v) is 1.31. The van der Waals surface area contributed by atoms with Gasteiger partial charge in [-0.25, -0.2) is 15.6 Å². The van der Waals surface area contributed by atoms with Gasteiger partial charge in [0, 0.05) is 0 Å². The van der Waals surface area contributed by atoms with Crippen LogP contribution in [0.2, 0.25) is 0 Å². The lowest BCUT2D eigenvalue weighted by molar-refractivity contribution is -0.139. The van der Waals surface area contributed by atoms with E-state index in [9.17, 15) is 4.79 Å². The number of rotatable bonds is 1. The van der Waals surface area contributed by atoms with Crippen molar-refractivity contribution in [1.82, 2.24) is 21.9 Å². The van der Waals surface area contributed by atoms with Gasteiger partial charge in [0.05, 0.1) is 0 Å². The molecule has 0 aromatic heterocycles. The maximum Gasteiger partial charge on any atom is 0.338 e. The van der Waals surface area contributed by atoms with Crippen LogP contribution in [0.15, 0.2) is 0 Å². The van der Waals surface area contributed by atoms with E-state index in [1.807, 2.05) is 0 Å². The van der Waals surface area contributed by atoms with Crippen LogP contribution in [-0.2, 0) is 4.79 Å². The minimum absolute atomic E-state index is 0.741. The Kier molecular flexibility index (Phi) is 1.40. The number of carboxylic acids is 1. The van der Waals surface area contributed by atoms with E-state index < -0.39 is 12.1 Å². The fourth-order valence-electron chi connectivity index (χ4n) is 0.376.